The van der Waals surface area contributed by atoms with E-state index in [1.54, 1.807) is 0 Å². The summed E-state index contributed by atoms with van der Waals surface area (Å²) in [5.74, 6) is 0.551. The Balaban J connectivity index is 1.40. The van der Waals surface area contributed by atoms with Crippen molar-refractivity contribution >= 4 is 23.2 Å². The highest BCUT2D eigenvalue weighted by molar-refractivity contribution is 6.32. The van der Waals surface area contributed by atoms with Crippen LogP contribution < -0.4 is 5.32 Å². The average molecular weight is 404 g/mol. The molecule has 1 unspecified atom stereocenters. The number of rotatable bonds is 4. The Morgan fingerprint density at radius 2 is 1.76 bits per heavy atom. The quantitative estimate of drug-likeness (QED) is 0.525. The molecule has 0 saturated carbocycles. The fourth-order valence-electron chi connectivity index (χ4n) is 4.21. The standard InChI is InChI=1S/C26H26ClNO/c1-17-5-3-4-6-24(17)28-26(29)21-12-8-19(9-13-21)15-20-10-14-23-22(16-20)11-7-18(2)25(23)27/h3-9,11-13,20H,10,14-16H2,1-2H3,(H,28,29). The number of carbonyl (C=O) groups excluding carboxylic acids is 1. The van der Waals surface area contributed by atoms with Crippen LogP contribution in [0, 0.1) is 19.8 Å². The Kier molecular flexibility index (Phi) is 5.73. The smallest absolute Gasteiger partial charge is 0.255 e. The minimum absolute atomic E-state index is 0.0672. The molecule has 0 heterocycles. The molecule has 4 rings (SSSR count). The van der Waals surface area contributed by atoms with E-state index in [1.807, 2.05) is 43.3 Å². The van der Waals surface area contributed by atoms with Crippen LogP contribution in [0.25, 0.3) is 0 Å². The van der Waals surface area contributed by atoms with E-state index in [0.29, 0.717) is 11.5 Å². The van der Waals surface area contributed by atoms with Gasteiger partial charge in [0.2, 0.25) is 0 Å². The Labute approximate surface area is 177 Å². The van der Waals surface area contributed by atoms with Gasteiger partial charge in [-0.05, 0) is 91.5 Å². The lowest BCUT2D eigenvalue weighted by Crippen LogP contribution is -2.17. The summed E-state index contributed by atoms with van der Waals surface area (Å²) >= 11 is 6.50. The fourth-order valence-corrected chi connectivity index (χ4v) is 4.49. The fraction of sp³-hybridized carbons (Fsp3) is 0.269. The third-order valence-corrected chi connectivity index (χ3v) is 6.50. The lowest BCUT2D eigenvalue weighted by Gasteiger charge is -2.26. The van der Waals surface area contributed by atoms with Crippen LogP contribution in [0.5, 0.6) is 0 Å². The second-order valence-electron chi connectivity index (χ2n) is 8.11. The number of aryl methyl sites for hydroxylation is 2. The first-order chi connectivity index (χ1) is 14.0. The highest BCUT2D eigenvalue weighted by Gasteiger charge is 2.21. The highest BCUT2D eigenvalue weighted by Crippen LogP contribution is 2.34. The largest absolute Gasteiger partial charge is 0.322 e. The molecule has 3 aromatic rings. The molecule has 1 atom stereocenters. The van der Waals surface area contributed by atoms with E-state index < -0.39 is 0 Å². The van der Waals surface area contributed by atoms with Gasteiger partial charge in [0.15, 0.2) is 0 Å². The molecule has 0 aliphatic heterocycles. The van der Waals surface area contributed by atoms with E-state index in [1.165, 1.54) is 22.3 Å². The van der Waals surface area contributed by atoms with Crippen LogP contribution >= 0.6 is 11.6 Å². The lowest BCUT2D eigenvalue weighted by molar-refractivity contribution is 0.102. The second-order valence-corrected chi connectivity index (χ2v) is 8.49. The maximum absolute atomic E-state index is 12.5. The van der Waals surface area contributed by atoms with Crippen LogP contribution in [0.3, 0.4) is 0 Å². The van der Waals surface area contributed by atoms with Gasteiger partial charge in [-0.15, -0.1) is 0 Å². The summed E-state index contributed by atoms with van der Waals surface area (Å²) in [5.41, 5.74) is 7.79. The van der Waals surface area contributed by atoms with Gasteiger partial charge in [-0.3, -0.25) is 4.79 Å². The van der Waals surface area contributed by atoms with E-state index in [0.717, 1.165) is 42.0 Å². The summed E-state index contributed by atoms with van der Waals surface area (Å²) in [4.78, 5) is 12.5. The molecular weight excluding hydrogens is 378 g/mol. The third kappa shape index (κ3) is 4.38. The Morgan fingerprint density at radius 3 is 2.52 bits per heavy atom. The Hall–Kier alpha value is -2.58. The van der Waals surface area contributed by atoms with Gasteiger partial charge in [-0.2, -0.15) is 0 Å². The van der Waals surface area contributed by atoms with Gasteiger partial charge in [-0.1, -0.05) is 54.1 Å². The monoisotopic (exact) mass is 403 g/mol. The minimum Gasteiger partial charge on any atom is -0.322 e. The van der Waals surface area contributed by atoms with Crippen LogP contribution in [0.4, 0.5) is 5.69 Å². The summed E-state index contributed by atoms with van der Waals surface area (Å²) < 4.78 is 0. The summed E-state index contributed by atoms with van der Waals surface area (Å²) in [6, 6.07) is 20.2. The van der Waals surface area contributed by atoms with Gasteiger partial charge in [0.05, 0.1) is 0 Å². The average Bonchev–Trinajstić information content (AvgIpc) is 2.73. The second kappa shape index (κ2) is 8.42. The summed E-state index contributed by atoms with van der Waals surface area (Å²) in [5, 5.41) is 3.95. The number of hydrogen-bond donors (Lipinski definition) is 1. The normalized spacial score (nSPS) is 15.6. The molecule has 1 aliphatic carbocycles. The van der Waals surface area contributed by atoms with Gasteiger partial charge < -0.3 is 5.32 Å². The van der Waals surface area contributed by atoms with E-state index in [4.69, 9.17) is 11.6 Å². The zero-order valence-corrected chi connectivity index (χ0v) is 17.7. The van der Waals surface area contributed by atoms with Crippen LogP contribution in [0.2, 0.25) is 5.02 Å². The summed E-state index contributed by atoms with van der Waals surface area (Å²) in [6.07, 6.45) is 4.32. The van der Waals surface area contributed by atoms with Crippen molar-refractivity contribution in [2.45, 2.75) is 39.5 Å². The molecule has 1 amide bonds. The number of hydrogen-bond acceptors (Lipinski definition) is 1. The van der Waals surface area contributed by atoms with Crippen molar-refractivity contribution in [3.05, 3.63) is 99.1 Å². The van der Waals surface area contributed by atoms with E-state index in [2.05, 4.69) is 36.5 Å². The lowest BCUT2D eigenvalue weighted by atomic mass is 9.80. The molecule has 2 nitrogen and oxygen atoms in total. The maximum atomic E-state index is 12.5. The van der Waals surface area contributed by atoms with Crippen molar-refractivity contribution in [1.82, 2.24) is 0 Å². The van der Waals surface area contributed by atoms with E-state index in [9.17, 15) is 4.79 Å². The predicted molar refractivity (Wildman–Crippen MR) is 121 cm³/mol. The van der Waals surface area contributed by atoms with Crippen LogP contribution in [0.15, 0.2) is 60.7 Å². The SMILES string of the molecule is Cc1ccccc1NC(=O)c1ccc(CC2CCc3c(ccc(C)c3Cl)C2)cc1. The van der Waals surface area contributed by atoms with Gasteiger partial charge in [0.1, 0.15) is 0 Å². The topological polar surface area (TPSA) is 29.1 Å². The van der Waals surface area contributed by atoms with Crippen LogP contribution in [0.1, 0.15) is 44.6 Å². The predicted octanol–water partition coefficient (Wildman–Crippen LogP) is 6.56. The zero-order chi connectivity index (χ0) is 20.4. The molecule has 1 aliphatic rings. The number of halogens is 1. The molecule has 0 radical (unpaired) electrons. The molecule has 3 aromatic carbocycles. The van der Waals surface area contributed by atoms with Crippen molar-refractivity contribution in [1.29, 1.82) is 0 Å². The Bertz CT molecular complexity index is 1040. The number of anilines is 1. The summed E-state index contributed by atoms with van der Waals surface area (Å²) in [7, 11) is 0. The van der Waals surface area contributed by atoms with Crippen molar-refractivity contribution in [3.8, 4) is 0 Å². The van der Waals surface area contributed by atoms with Gasteiger partial charge in [0.25, 0.3) is 5.91 Å². The van der Waals surface area contributed by atoms with Crippen molar-refractivity contribution in [3.63, 3.8) is 0 Å². The number of carbonyl (C=O) groups is 1. The van der Waals surface area contributed by atoms with Crippen LogP contribution in [-0.2, 0) is 19.3 Å². The van der Waals surface area contributed by atoms with Gasteiger partial charge in [-0.25, -0.2) is 0 Å². The minimum atomic E-state index is -0.0672. The molecule has 0 bridgehead atoms. The maximum Gasteiger partial charge on any atom is 0.255 e. The number of para-hydroxylation sites is 1. The van der Waals surface area contributed by atoms with Crippen molar-refractivity contribution in [2.75, 3.05) is 5.32 Å². The van der Waals surface area contributed by atoms with Crippen molar-refractivity contribution < 1.29 is 4.79 Å². The third-order valence-electron chi connectivity index (χ3n) is 5.98. The number of benzene rings is 3. The molecule has 0 fully saturated rings. The molecule has 0 spiro atoms. The molecule has 29 heavy (non-hydrogen) atoms. The first-order valence-electron chi connectivity index (χ1n) is 10.2. The number of fused-ring (bicyclic) bond motifs is 1. The first kappa shape index (κ1) is 19.7. The molecule has 3 heteroatoms. The van der Waals surface area contributed by atoms with Crippen molar-refractivity contribution in [2.24, 2.45) is 5.92 Å². The molecule has 0 aromatic heterocycles. The number of nitrogens with one attached hydrogen (secondary N) is 1. The molecule has 148 valence electrons. The van der Waals surface area contributed by atoms with E-state index >= 15 is 0 Å². The Morgan fingerprint density at radius 1 is 1.00 bits per heavy atom. The molecular formula is C26H26ClNO. The highest BCUT2D eigenvalue weighted by atomic mass is 35.5. The van der Waals surface area contributed by atoms with Gasteiger partial charge in [0, 0.05) is 16.3 Å². The van der Waals surface area contributed by atoms with Gasteiger partial charge >= 0.3 is 0 Å². The summed E-state index contributed by atoms with van der Waals surface area (Å²) in [6.45, 7) is 4.07. The van der Waals surface area contributed by atoms with Crippen LogP contribution in [-0.4, -0.2) is 5.91 Å². The zero-order valence-electron chi connectivity index (χ0n) is 17.0. The molecule has 1 N–H and O–H groups in total. The number of amides is 1. The first-order valence-corrected chi connectivity index (χ1v) is 10.6. The van der Waals surface area contributed by atoms with E-state index in [-0.39, 0.29) is 5.91 Å². The molecule has 0 saturated heterocycles.